The predicted octanol–water partition coefficient (Wildman–Crippen LogP) is 13.0. The monoisotopic (exact) mass is 632 g/mol. The van der Waals surface area contributed by atoms with Crippen LogP contribution in [0, 0.1) is 0 Å². The van der Waals surface area contributed by atoms with Gasteiger partial charge in [0.1, 0.15) is 0 Å². The zero-order chi connectivity index (χ0) is 32.5. The number of rotatable bonds is 2. The summed E-state index contributed by atoms with van der Waals surface area (Å²) in [5.41, 5.74) is 12.5. The Kier molecular flexibility index (Phi) is 5.00. The maximum atomic E-state index is 2.54. The summed E-state index contributed by atoms with van der Waals surface area (Å²) in [6.07, 6.45) is 0. The van der Waals surface area contributed by atoms with Crippen LogP contribution in [0.4, 0.5) is 0 Å². The van der Waals surface area contributed by atoms with Crippen LogP contribution in [-0.2, 0) is 0 Å². The van der Waals surface area contributed by atoms with E-state index < -0.39 is 0 Å². The molecule has 0 amide bonds. The lowest BCUT2D eigenvalue weighted by Gasteiger charge is -2.13. The zero-order valence-electron chi connectivity index (χ0n) is 27.1. The first-order valence-electron chi connectivity index (χ1n) is 17.4. The minimum absolute atomic E-state index is 1.18. The van der Waals surface area contributed by atoms with Crippen LogP contribution in [0.3, 0.4) is 0 Å². The van der Waals surface area contributed by atoms with Crippen LogP contribution in [-0.4, -0.2) is 9.13 Å². The zero-order valence-corrected chi connectivity index (χ0v) is 27.1. The van der Waals surface area contributed by atoms with Crippen molar-refractivity contribution in [3.05, 3.63) is 170 Å². The molecule has 1 aliphatic rings. The molecule has 0 bridgehead atoms. The Bertz CT molecular complexity index is 3250. The molecular weight excluding hydrogens is 605 g/mol. The summed E-state index contributed by atoms with van der Waals surface area (Å²) < 4.78 is 5.02. The van der Waals surface area contributed by atoms with E-state index in [1.54, 1.807) is 0 Å². The van der Waals surface area contributed by atoms with E-state index >= 15 is 0 Å². The largest absolute Gasteiger partial charge is 0.309 e. The first-order valence-corrected chi connectivity index (χ1v) is 17.4. The van der Waals surface area contributed by atoms with Crippen molar-refractivity contribution in [2.75, 3.05) is 0 Å². The third-order valence-electron chi connectivity index (χ3n) is 11.2. The molecule has 0 aliphatic heterocycles. The second-order valence-electron chi connectivity index (χ2n) is 13.7. The van der Waals surface area contributed by atoms with Gasteiger partial charge in [-0.2, -0.15) is 0 Å². The molecule has 0 fully saturated rings. The van der Waals surface area contributed by atoms with Gasteiger partial charge in [-0.05, 0) is 85.6 Å². The van der Waals surface area contributed by atoms with Crippen molar-refractivity contribution in [1.29, 1.82) is 0 Å². The molecule has 2 heteroatoms. The van der Waals surface area contributed by atoms with Gasteiger partial charge in [-0.15, -0.1) is 0 Å². The quantitative estimate of drug-likeness (QED) is 0.179. The lowest BCUT2D eigenvalue weighted by atomic mass is 10.0. The fourth-order valence-corrected chi connectivity index (χ4v) is 9.18. The Labute approximate surface area is 287 Å². The Hall–Kier alpha value is -6.64. The van der Waals surface area contributed by atoms with Crippen molar-refractivity contribution >= 4 is 75.9 Å². The van der Waals surface area contributed by atoms with Gasteiger partial charge >= 0.3 is 0 Å². The van der Waals surface area contributed by atoms with E-state index in [9.17, 15) is 0 Å². The van der Waals surface area contributed by atoms with Gasteiger partial charge in [-0.25, -0.2) is 0 Å². The number of benzene rings is 9. The van der Waals surface area contributed by atoms with Crippen molar-refractivity contribution in [1.82, 2.24) is 9.13 Å². The minimum Gasteiger partial charge on any atom is -0.309 e. The van der Waals surface area contributed by atoms with E-state index in [4.69, 9.17) is 0 Å². The van der Waals surface area contributed by atoms with E-state index in [-0.39, 0.29) is 0 Å². The van der Waals surface area contributed by atoms with E-state index in [0.717, 1.165) is 0 Å². The molecule has 1 aliphatic carbocycles. The summed E-state index contributed by atoms with van der Waals surface area (Å²) in [5.74, 6) is 0. The van der Waals surface area contributed by atoms with E-state index in [0.29, 0.717) is 0 Å². The average Bonchev–Trinajstić information content (AvgIpc) is 3.81. The van der Waals surface area contributed by atoms with Crippen LogP contribution in [0.15, 0.2) is 170 Å². The first-order chi connectivity index (χ1) is 24.8. The lowest BCUT2D eigenvalue weighted by Crippen LogP contribution is -1.96. The molecule has 0 saturated carbocycles. The van der Waals surface area contributed by atoms with Crippen LogP contribution >= 0.6 is 0 Å². The van der Waals surface area contributed by atoms with Crippen molar-refractivity contribution < 1.29 is 0 Å². The number of fused-ring (bicyclic) bond motifs is 13. The fraction of sp³-hybridized carbons (Fsp3) is 0. The fourth-order valence-electron chi connectivity index (χ4n) is 9.18. The van der Waals surface area contributed by atoms with Gasteiger partial charge in [0.15, 0.2) is 0 Å². The van der Waals surface area contributed by atoms with E-state index in [2.05, 4.69) is 179 Å². The molecule has 0 atom stereocenters. The van der Waals surface area contributed by atoms with Gasteiger partial charge in [0, 0.05) is 32.6 Å². The van der Waals surface area contributed by atoms with Crippen LogP contribution < -0.4 is 0 Å². The second-order valence-corrected chi connectivity index (χ2v) is 13.7. The van der Waals surface area contributed by atoms with Gasteiger partial charge in [0.25, 0.3) is 0 Å². The molecule has 11 aromatic rings. The molecule has 0 saturated heterocycles. The van der Waals surface area contributed by atoms with E-state index in [1.165, 1.54) is 110 Å². The molecule has 0 unspecified atom stereocenters. The Balaban J connectivity index is 1.25. The molecule has 2 nitrogen and oxygen atoms in total. The first kappa shape index (κ1) is 26.3. The Morgan fingerprint density at radius 3 is 1.80 bits per heavy atom. The molecule has 50 heavy (non-hydrogen) atoms. The highest BCUT2D eigenvalue weighted by Crippen LogP contribution is 2.49. The lowest BCUT2D eigenvalue weighted by molar-refractivity contribution is 1.18. The molecular formula is C48H28N2. The van der Waals surface area contributed by atoms with Crippen LogP contribution in [0.25, 0.3) is 110 Å². The highest BCUT2D eigenvalue weighted by molar-refractivity contribution is 6.30. The van der Waals surface area contributed by atoms with Crippen LogP contribution in [0.5, 0.6) is 0 Å². The van der Waals surface area contributed by atoms with Crippen LogP contribution in [0.1, 0.15) is 0 Å². The standard InChI is InChI=1S/C48H28N2/c1-3-15-33-29(10-1)12-9-21-41(33)50-43-26-22-30-11-2-4-16-34(30)46(43)39-25-27-44-47(48(39)50)38-17-5-6-20-42(38)49(44)32-23-24-35-36-18-7-13-31-14-8-19-37(45(31)36)40(35)28-32/h1-28H. The molecule has 230 valence electrons. The summed E-state index contributed by atoms with van der Waals surface area (Å²) >= 11 is 0. The SMILES string of the molecule is c1ccc2c(-n3c4ccc5ccccc5c4c4ccc5c(c6ccccc6n5-c5ccc6c(c5)-c5cccc7cccc-6c57)c43)cccc2c1. The molecule has 9 aromatic carbocycles. The smallest absolute Gasteiger partial charge is 0.0641 e. The summed E-state index contributed by atoms with van der Waals surface area (Å²) in [7, 11) is 0. The molecule has 0 spiro atoms. The topological polar surface area (TPSA) is 9.86 Å². The second kappa shape index (κ2) is 9.49. The Morgan fingerprint density at radius 1 is 0.300 bits per heavy atom. The summed E-state index contributed by atoms with van der Waals surface area (Å²) in [6.45, 7) is 0. The molecule has 0 radical (unpaired) electrons. The van der Waals surface area contributed by atoms with Gasteiger partial charge in [-0.3, -0.25) is 0 Å². The third kappa shape index (κ3) is 3.28. The van der Waals surface area contributed by atoms with Gasteiger partial charge in [0.2, 0.25) is 0 Å². The normalized spacial score (nSPS) is 12.4. The summed E-state index contributed by atoms with van der Waals surface area (Å²) in [5, 5.41) is 12.8. The Morgan fingerprint density at radius 2 is 0.940 bits per heavy atom. The van der Waals surface area contributed by atoms with Crippen molar-refractivity contribution in [2.45, 2.75) is 0 Å². The number of aromatic nitrogens is 2. The van der Waals surface area contributed by atoms with E-state index in [1.807, 2.05) is 0 Å². The molecule has 12 rings (SSSR count). The number of para-hydroxylation sites is 1. The number of hydrogen-bond donors (Lipinski definition) is 0. The van der Waals surface area contributed by atoms with Crippen molar-refractivity contribution in [2.24, 2.45) is 0 Å². The summed E-state index contributed by atoms with van der Waals surface area (Å²) in [4.78, 5) is 0. The van der Waals surface area contributed by atoms with Crippen LogP contribution in [0.2, 0.25) is 0 Å². The van der Waals surface area contributed by atoms with Gasteiger partial charge < -0.3 is 9.13 Å². The minimum atomic E-state index is 1.18. The third-order valence-corrected chi connectivity index (χ3v) is 11.2. The van der Waals surface area contributed by atoms with Crippen molar-refractivity contribution in [3.63, 3.8) is 0 Å². The maximum Gasteiger partial charge on any atom is 0.0641 e. The maximum absolute atomic E-state index is 2.54. The number of nitrogens with zero attached hydrogens (tertiary/aromatic N) is 2. The van der Waals surface area contributed by atoms with Crippen molar-refractivity contribution in [3.8, 4) is 33.6 Å². The average molecular weight is 633 g/mol. The van der Waals surface area contributed by atoms with Gasteiger partial charge in [-0.1, -0.05) is 133 Å². The predicted molar refractivity (Wildman–Crippen MR) is 212 cm³/mol. The molecule has 0 N–H and O–H groups in total. The highest BCUT2D eigenvalue weighted by Gasteiger charge is 2.25. The number of hydrogen-bond acceptors (Lipinski definition) is 0. The molecule has 2 aromatic heterocycles. The summed E-state index contributed by atoms with van der Waals surface area (Å²) in [6, 6.07) is 63.0. The molecule has 2 heterocycles. The highest BCUT2D eigenvalue weighted by atomic mass is 15.0. The van der Waals surface area contributed by atoms with Gasteiger partial charge in [0.05, 0.1) is 27.8 Å².